The molecule has 1 amide bonds. The fraction of sp³-hybridized carbons (Fsp3) is 0.500. The standard InChI is InChI=1S/C14H19BrN2OS/c1-2-19-11-5-4-10(8-11)17-14(18)9-3-6-12(15)13(16)7-9/h3,6-7,10-11H,2,4-5,8,16H2,1H3,(H,17,18). The first-order chi connectivity index (χ1) is 9.10. The van der Waals surface area contributed by atoms with Crippen LogP contribution in [0.4, 0.5) is 5.69 Å². The number of amides is 1. The fourth-order valence-electron chi connectivity index (χ4n) is 2.41. The third-order valence-electron chi connectivity index (χ3n) is 3.38. The van der Waals surface area contributed by atoms with E-state index in [9.17, 15) is 4.79 Å². The van der Waals surface area contributed by atoms with Crippen molar-refractivity contribution in [2.75, 3.05) is 11.5 Å². The van der Waals surface area contributed by atoms with E-state index in [-0.39, 0.29) is 5.91 Å². The number of halogens is 1. The Hall–Kier alpha value is -0.680. The van der Waals surface area contributed by atoms with Gasteiger partial charge in [0, 0.05) is 27.0 Å². The Labute approximate surface area is 126 Å². The normalized spacial score (nSPS) is 22.4. The minimum Gasteiger partial charge on any atom is -0.398 e. The Bertz CT molecular complexity index is 467. The molecule has 2 atom stereocenters. The lowest BCUT2D eigenvalue weighted by Crippen LogP contribution is -2.33. The van der Waals surface area contributed by atoms with E-state index < -0.39 is 0 Å². The smallest absolute Gasteiger partial charge is 0.251 e. The molecular weight excluding hydrogens is 324 g/mol. The van der Waals surface area contributed by atoms with Gasteiger partial charge in [-0.05, 0) is 59.1 Å². The van der Waals surface area contributed by atoms with Gasteiger partial charge in [0.25, 0.3) is 5.91 Å². The van der Waals surface area contributed by atoms with E-state index >= 15 is 0 Å². The topological polar surface area (TPSA) is 55.1 Å². The SMILES string of the molecule is CCSC1CCC(NC(=O)c2ccc(Br)c(N)c2)C1. The quantitative estimate of drug-likeness (QED) is 0.824. The maximum atomic E-state index is 12.1. The molecule has 2 rings (SSSR count). The molecule has 1 aromatic rings. The lowest BCUT2D eigenvalue weighted by Gasteiger charge is -2.13. The minimum atomic E-state index is -0.0219. The van der Waals surface area contributed by atoms with Crippen molar-refractivity contribution < 1.29 is 4.79 Å². The van der Waals surface area contributed by atoms with Crippen molar-refractivity contribution in [3.05, 3.63) is 28.2 Å². The molecule has 104 valence electrons. The summed E-state index contributed by atoms with van der Waals surface area (Å²) in [7, 11) is 0. The van der Waals surface area contributed by atoms with Gasteiger partial charge in [0.2, 0.25) is 0 Å². The number of anilines is 1. The van der Waals surface area contributed by atoms with E-state index in [2.05, 4.69) is 28.2 Å². The van der Waals surface area contributed by atoms with Gasteiger partial charge in [-0.2, -0.15) is 11.8 Å². The van der Waals surface area contributed by atoms with Crippen LogP contribution in [0.5, 0.6) is 0 Å². The van der Waals surface area contributed by atoms with E-state index in [0.717, 1.165) is 23.1 Å². The van der Waals surface area contributed by atoms with Gasteiger partial charge in [-0.3, -0.25) is 4.79 Å². The lowest BCUT2D eigenvalue weighted by atomic mass is 10.1. The molecule has 0 bridgehead atoms. The van der Waals surface area contributed by atoms with Crippen LogP contribution in [0.1, 0.15) is 36.5 Å². The lowest BCUT2D eigenvalue weighted by molar-refractivity contribution is 0.0938. The van der Waals surface area contributed by atoms with Crippen LogP contribution in [0, 0.1) is 0 Å². The number of rotatable bonds is 4. The van der Waals surface area contributed by atoms with Crippen LogP contribution < -0.4 is 11.1 Å². The molecule has 0 aromatic heterocycles. The zero-order valence-corrected chi connectivity index (χ0v) is 13.4. The summed E-state index contributed by atoms with van der Waals surface area (Å²) in [5, 5.41) is 3.81. The molecular formula is C14H19BrN2OS. The first kappa shape index (κ1) is 14.7. The predicted octanol–water partition coefficient (Wildman–Crippen LogP) is 3.44. The summed E-state index contributed by atoms with van der Waals surface area (Å²) in [6.45, 7) is 2.18. The molecule has 0 radical (unpaired) electrons. The molecule has 19 heavy (non-hydrogen) atoms. The number of nitrogens with one attached hydrogen (secondary N) is 1. The third kappa shape index (κ3) is 3.89. The molecule has 0 saturated heterocycles. The molecule has 1 fully saturated rings. The Kier molecular flexibility index (Phi) is 5.16. The second-order valence-electron chi connectivity index (χ2n) is 4.80. The van der Waals surface area contributed by atoms with E-state index in [1.165, 1.54) is 6.42 Å². The van der Waals surface area contributed by atoms with Gasteiger partial charge in [-0.15, -0.1) is 0 Å². The van der Waals surface area contributed by atoms with Crippen molar-refractivity contribution in [1.29, 1.82) is 0 Å². The van der Waals surface area contributed by atoms with Crippen molar-refractivity contribution in [3.8, 4) is 0 Å². The molecule has 1 saturated carbocycles. The molecule has 5 heteroatoms. The van der Waals surface area contributed by atoms with Gasteiger partial charge >= 0.3 is 0 Å². The zero-order valence-electron chi connectivity index (χ0n) is 11.0. The summed E-state index contributed by atoms with van der Waals surface area (Å²) in [6.07, 6.45) is 3.36. The van der Waals surface area contributed by atoms with Crippen molar-refractivity contribution in [2.45, 2.75) is 37.5 Å². The average Bonchev–Trinajstić information content (AvgIpc) is 2.80. The Morgan fingerprint density at radius 2 is 2.32 bits per heavy atom. The van der Waals surface area contributed by atoms with Crippen LogP contribution >= 0.6 is 27.7 Å². The summed E-state index contributed by atoms with van der Waals surface area (Å²) < 4.78 is 0.823. The van der Waals surface area contributed by atoms with Crippen molar-refractivity contribution in [2.24, 2.45) is 0 Å². The molecule has 0 aliphatic heterocycles. The highest BCUT2D eigenvalue weighted by atomic mass is 79.9. The van der Waals surface area contributed by atoms with Gasteiger partial charge in [0.05, 0.1) is 0 Å². The van der Waals surface area contributed by atoms with E-state index in [1.807, 2.05) is 17.8 Å². The van der Waals surface area contributed by atoms with E-state index in [0.29, 0.717) is 22.5 Å². The minimum absolute atomic E-state index is 0.0219. The van der Waals surface area contributed by atoms with Gasteiger partial charge in [-0.25, -0.2) is 0 Å². The molecule has 3 nitrogen and oxygen atoms in total. The fourth-order valence-corrected chi connectivity index (χ4v) is 3.80. The number of nitrogen functional groups attached to an aromatic ring is 1. The van der Waals surface area contributed by atoms with Gasteiger partial charge < -0.3 is 11.1 Å². The molecule has 1 aliphatic carbocycles. The van der Waals surface area contributed by atoms with Crippen molar-refractivity contribution >= 4 is 39.3 Å². The maximum absolute atomic E-state index is 12.1. The Morgan fingerprint density at radius 3 is 3.00 bits per heavy atom. The second-order valence-corrected chi connectivity index (χ2v) is 7.23. The summed E-state index contributed by atoms with van der Waals surface area (Å²) in [6, 6.07) is 5.63. The zero-order chi connectivity index (χ0) is 13.8. The first-order valence-corrected chi connectivity index (χ1v) is 8.41. The second kappa shape index (κ2) is 6.66. The van der Waals surface area contributed by atoms with E-state index in [1.54, 1.807) is 12.1 Å². The number of hydrogen-bond donors (Lipinski definition) is 2. The van der Waals surface area contributed by atoms with Crippen molar-refractivity contribution in [3.63, 3.8) is 0 Å². The Balaban J connectivity index is 1.92. The molecule has 0 spiro atoms. The molecule has 0 heterocycles. The maximum Gasteiger partial charge on any atom is 0.251 e. The van der Waals surface area contributed by atoms with E-state index in [4.69, 9.17) is 5.73 Å². The van der Waals surface area contributed by atoms with Crippen LogP contribution in [0.2, 0.25) is 0 Å². The van der Waals surface area contributed by atoms with Gasteiger partial charge in [-0.1, -0.05) is 6.92 Å². The highest BCUT2D eigenvalue weighted by Gasteiger charge is 2.26. The molecule has 3 N–H and O–H groups in total. The van der Waals surface area contributed by atoms with Crippen LogP contribution in [-0.2, 0) is 0 Å². The highest BCUT2D eigenvalue weighted by Crippen LogP contribution is 2.30. The number of hydrogen-bond acceptors (Lipinski definition) is 3. The summed E-state index contributed by atoms with van der Waals surface area (Å²) in [4.78, 5) is 12.1. The number of thioether (sulfide) groups is 1. The summed E-state index contributed by atoms with van der Waals surface area (Å²) >= 11 is 5.32. The number of nitrogens with two attached hydrogens (primary N) is 1. The van der Waals surface area contributed by atoms with Crippen LogP contribution in [0.3, 0.4) is 0 Å². The van der Waals surface area contributed by atoms with Crippen LogP contribution in [0.25, 0.3) is 0 Å². The highest BCUT2D eigenvalue weighted by molar-refractivity contribution is 9.10. The largest absolute Gasteiger partial charge is 0.398 e. The molecule has 2 unspecified atom stereocenters. The first-order valence-electron chi connectivity index (χ1n) is 6.57. The third-order valence-corrected chi connectivity index (χ3v) is 5.34. The van der Waals surface area contributed by atoms with Gasteiger partial charge in [0.1, 0.15) is 0 Å². The number of carbonyl (C=O) groups is 1. The van der Waals surface area contributed by atoms with Crippen LogP contribution in [-0.4, -0.2) is 23.0 Å². The van der Waals surface area contributed by atoms with Gasteiger partial charge in [0.15, 0.2) is 0 Å². The van der Waals surface area contributed by atoms with Crippen LogP contribution in [0.15, 0.2) is 22.7 Å². The number of benzene rings is 1. The molecule has 1 aromatic carbocycles. The average molecular weight is 343 g/mol. The van der Waals surface area contributed by atoms with Crippen molar-refractivity contribution in [1.82, 2.24) is 5.32 Å². The summed E-state index contributed by atoms with van der Waals surface area (Å²) in [5.74, 6) is 1.13. The molecule has 1 aliphatic rings. The number of carbonyl (C=O) groups excluding carboxylic acids is 1. The monoisotopic (exact) mass is 342 g/mol. The summed E-state index contributed by atoms with van der Waals surface area (Å²) in [5.41, 5.74) is 7.03. The Morgan fingerprint density at radius 1 is 1.53 bits per heavy atom. The predicted molar refractivity (Wildman–Crippen MR) is 85.6 cm³/mol.